The van der Waals surface area contributed by atoms with Gasteiger partial charge in [0, 0.05) is 13.1 Å². The number of amides is 1. The normalized spacial score (nSPS) is 16.4. The molecule has 1 aromatic carbocycles. The number of benzene rings is 1. The van der Waals surface area contributed by atoms with Gasteiger partial charge in [0.2, 0.25) is 0 Å². The van der Waals surface area contributed by atoms with Crippen molar-refractivity contribution in [2.24, 2.45) is 0 Å². The number of aliphatic hydroxyl groups is 1. The summed E-state index contributed by atoms with van der Waals surface area (Å²) in [5, 5.41) is 9.38. The first kappa shape index (κ1) is 23.4. The van der Waals surface area contributed by atoms with Crippen molar-refractivity contribution in [1.82, 2.24) is 4.90 Å². The van der Waals surface area contributed by atoms with E-state index in [1.54, 1.807) is 17.0 Å². The fraction of sp³-hybridized carbons (Fsp3) is 0.550. The van der Waals surface area contributed by atoms with Crippen molar-refractivity contribution in [2.75, 3.05) is 27.3 Å². The van der Waals surface area contributed by atoms with Crippen LogP contribution in [0, 0.1) is 0 Å². The number of rotatable bonds is 2. The molecule has 1 saturated heterocycles. The summed E-state index contributed by atoms with van der Waals surface area (Å²) in [6.45, 7) is 6.60. The van der Waals surface area contributed by atoms with Gasteiger partial charge in [0.15, 0.2) is 0 Å². The van der Waals surface area contributed by atoms with Gasteiger partial charge in [-0.3, -0.25) is 0 Å². The molecule has 156 valence electrons. The fourth-order valence-electron chi connectivity index (χ4n) is 2.51. The lowest BCUT2D eigenvalue weighted by Gasteiger charge is -2.32. The van der Waals surface area contributed by atoms with E-state index in [4.69, 9.17) is 4.74 Å². The summed E-state index contributed by atoms with van der Waals surface area (Å²) in [5.41, 5.74) is -0.0388. The van der Waals surface area contributed by atoms with Gasteiger partial charge in [0.25, 0.3) is 0 Å². The zero-order valence-corrected chi connectivity index (χ0v) is 17.1. The zero-order valence-electron chi connectivity index (χ0n) is 17.1. The molecule has 28 heavy (non-hydrogen) atoms. The average Bonchev–Trinajstić information content (AvgIpc) is 2.66. The van der Waals surface area contributed by atoms with Crippen LogP contribution in [-0.2, 0) is 14.2 Å². The lowest BCUT2D eigenvalue weighted by molar-refractivity contribution is 0.00389. The Bertz CT molecular complexity index is 646. The molecule has 0 saturated carbocycles. The Labute approximate surface area is 165 Å². The number of hydrogen-bond donors (Lipinski definition) is 1. The molecule has 1 aliphatic heterocycles. The van der Waals surface area contributed by atoms with Gasteiger partial charge in [-0.1, -0.05) is 12.1 Å². The van der Waals surface area contributed by atoms with Gasteiger partial charge in [-0.2, -0.15) is 0 Å². The summed E-state index contributed by atoms with van der Waals surface area (Å²) in [5.74, 6) is -1.10. The van der Waals surface area contributed by atoms with E-state index in [1.807, 2.05) is 20.8 Å². The highest BCUT2D eigenvalue weighted by Gasteiger charge is 2.26. The van der Waals surface area contributed by atoms with E-state index in [1.165, 1.54) is 26.4 Å². The monoisotopic (exact) mass is 395 g/mol. The summed E-state index contributed by atoms with van der Waals surface area (Å²) in [6.07, 6.45) is 0.909. The van der Waals surface area contributed by atoms with Crippen molar-refractivity contribution >= 4 is 18.0 Å². The molecule has 0 radical (unpaired) electrons. The van der Waals surface area contributed by atoms with Gasteiger partial charge in [-0.05, 0) is 45.7 Å². The lowest BCUT2D eigenvalue weighted by atomic mass is 10.1. The van der Waals surface area contributed by atoms with Crippen LogP contribution in [0.2, 0.25) is 0 Å². The van der Waals surface area contributed by atoms with E-state index >= 15 is 0 Å². The number of likely N-dealkylation sites (tertiary alicyclic amines) is 1. The maximum absolute atomic E-state index is 11.6. The molecule has 1 aliphatic rings. The third kappa shape index (κ3) is 7.56. The van der Waals surface area contributed by atoms with Crippen LogP contribution < -0.4 is 0 Å². The van der Waals surface area contributed by atoms with Crippen LogP contribution in [0.1, 0.15) is 54.3 Å². The van der Waals surface area contributed by atoms with E-state index < -0.39 is 23.6 Å². The second-order valence-electron chi connectivity index (χ2n) is 7.25. The van der Waals surface area contributed by atoms with Crippen LogP contribution >= 0.6 is 0 Å². The molecule has 1 heterocycles. The molecule has 1 N–H and O–H groups in total. The number of aliphatic hydroxyl groups excluding tert-OH is 1. The van der Waals surface area contributed by atoms with Crippen LogP contribution in [0.15, 0.2) is 24.3 Å². The summed E-state index contributed by atoms with van der Waals surface area (Å²) in [6, 6.07) is 6.33. The third-order valence-electron chi connectivity index (χ3n) is 3.79. The summed E-state index contributed by atoms with van der Waals surface area (Å²) in [7, 11) is 2.52. The molecule has 0 bridgehead atoms. The Balaban J connectivity index is 0.000000280. The number of hydrogen-bond acceptors (Lipinski definition) is 7. The molecule has 1 unspecified atom stereocenters. The van der Waals surface area contributed by atoms with Crippen LogP contribution in [0.5, 0.6) is 0 Å². The van der Waals surface area contributed by atoms with E-state index in [0.717, 1.165) is 12.8 Å². The number of ether oxygens (including phenoxy) is 3. The SMILES string of the molecule is CC(C)(C)OC(=O)N1CCCC(O)C1.COC(=O)c1ccccc1C(=O)OC. The molecular formula is C20H29NO7. The molecule has 0 aliphatic carbocycles. The van der Waals surface area contributed by atoms with Crippen LogP contribution in [-0.4, -0.2) is 67.1 Å². The number of carbonyl (C=O) groups is 3. The van der Waals surface area contributed by atoms with Crippen molar-refractivity contribution in [2.45, 2.75) is 45.3 Å². The molecule has 1 atom stereocenters. The van der Waals surface area contributed by atoms with E-state index in [9.17, 15) is 19.5 Å². The predicted molar refractivity (Wildman–Crippen MR) is 102 cm³/mol. The summed E-state index contributed by atoms with van der Waals surface area (Å²) in [4.78, 5) is 35.6. The van der Waals surface area contributed by atoms with Gasteiger partial charge < -0.3 is 24.2 Å². The lowest BCUT2D eigenvalue weighted by Crippen LogP contribution is -2.44. The van der Waals surface area contributed by atoms with Gasteiger partial charge >= 0.3 is 18.0 Å². The maximum Gasteiger partial charge on any atom is 0.410 e. The Kier molecular flexibility index (Phi) is 8.91. The van der Waals surface area contributed by atoms with Crippen LogP contribution in [0.3, 0.4) is 0 Å². The van der Waals surface area contributed by atoms with Gasteiger partial charge in [0.1, 0.15) is 5.60 Å². The minimum atomic E-state index is -0.550. The smallest absolute Gasteiger partial charge is 0.410 e. The Morgan fingerprint density at radius 3 is 1.93 bits per heavy atom. The molecule has 0 spiro atoms. The van der Waals surface area contributed by atoms with E-state index in [2.05, 4.69) is 9.47 Å². The third-order valence-corrected chi connectivity index (χ3v) is 3.79. The quantitative estimate of drug-likeness (QED) is 0.606. The average molecular weight is 395 g/mol. The maximum atomic E-state index is 11.6. The molecule has 8 nitrogen and oxygen atoms in total. The van der Waals surface area contributed by atoms with Crippen molar-refractivity contribution in [3.05, 3.63) is 35.4 Å². The largest absolute Gasteiger partial charge is 0.465 e. The fourth-order valence-corrected chi connectivity index (χ4v) is 2.51. The molecule has 1 amide bonds. The van der Waals surface area contributed by atoms with Crippen molar-refractivity contribution in [1.29, 1.82) is 0 Å². The number of nitrogens with zero attached hydrogens (tertiary/aromatic N) is 1. The Morgan fingerprint density at radius 2 is 1.54 bits per heavy atom. The summed E-state index contributed by atoms with van der Waals surface area (Å²) >= 11 is 0. The number of carbonyl (C=O) groups excluding carboxylic acids is 3. The number of piperidine rings is 1. The molecule has 8 heteroatoms. The van der Waals surface area contributed by atoms with Crippen LogP contribution in [0.4, 0.5) is 4.79 Å². The first-order valence-corrected chi connectivity index (χ1v) is 9.00. The predicted octanol–water partition coefficient (Wildman–Crippen LogP) is 2.64. The first-order valence-electron chi connectivity index (χ1n) is 9.00. The number of β-amino-alcohol motifs (C(OH)–C–C–N with tert-alkyl or cyclic N) is 1. The van der Waals surface area contributed by atoms with Crippen molar-refractivity contribution < 1.29 is 33.7 Å². The Morgan fingerprint density at radius 1 is 1.04 bits per heavy atom. The minimum Gasteiger partial charge on any atom is -0.465 e. The zero-order chi connectivity index (χ0) is 21.3. The van der Waals surface area contributed by atoms with E-state index in [-0.39, 0.29) is 17.2 Å². The molecule has 2 rings (SSSR count). The highest BCUT2D eigenvalue weighted by atomic mass is 16.6. The van der Waals surface area contributed by atoms with Crippen molar-refractivity contribution in [3.8, 4) is 0 Å². The molecular weight excluding hydrogens is 366 g/mol. The number of esters is 2. The van der Waals surface area contributed by atoms with Crippen molar-refractivity contribution in [3.63, 3.8) is 0 Å². The number of methoxy groups -OCH3 is 2. The summed E-state index contributed by atoms with van der Waals surface area (Å²) < 4.78 is 14.3. The minimum absolute atomic E-state index is 0.210. The van der Waals surface area contributed by atoms with Gasteiger partial charge in [0.05, 0.1) is 31.5 Å². The van der Waals surface area contributed by atoms with Gasteiger partial charge in [-0.15, -0.1) is 0 Å². The molecule has 1 aromatic rings. The topological polar surface area (TPSA) is 102 Å². The highest BCUT2D eigenvalue weighted by Crippen LogP contribution is 2.15. The van der Waals surface area contributed by atoms with E-state index in [0.29, 0.717) is 13.1 Å². The van der Waals surface area contributed by atoms with Gasteiger partial charge in [-0.25, -0.2) is 14.4 Å². The molecule has 1 fully saturated rings. The highest BCUT2D eigenvalue weighted by molar-refractivity contribution is 6.03. The molecule has 0 aromatic heterocycles. The Hall–Kier alpha value is -2.61. The standard InChI is InChI=1S/C10H19NO3.C10H10O4/c1-10(2,3)14-9(13)11-6-4-5-8(12)7-11;1-13-9(11)7-5-3-4-6-8(7)10(12)14-2/h8,12H,4-7H2,1-3H3;3-6H,1-2H3. The second-order valence-corrected chi connectivity index (χ2v) is 7.25. The second kappa shape index (κ2) is 10.7. The van der Waals surface area contributed by atoms with Crippen LogP contribution in [0.25, 0.3) is 0 Å². The first-order chi connectivity index (χ1) is 13.1.